The van der Waals surface area contributed by atoms with Crippen LogP contribution < -0.4 is 9.64 Å². The first-order valence-corrected chi connectivity index (χ1v) is 9.47. The molecule has 1 amide bonds. The largest absolute Gasteiger partial charge is 0.497 e. The number of hydrogen-bond donors (Lipinski definition) is 1. The summed E-state index contributed by atoms with van der Waals surface area (Å²) < 4.78 is 10.2. The minimum atomic E-state index is -1.30. The second-order valence-electron chi connectivity index (χ2n) is 5.95. The molecular weight excluding hydrogens is 378 g/mol. The van der Waals surface area contributed by atoms with Crippen LogP contribution in [0.1, 0.15) is 25.2 Å². The van der Waals surface area contributed by atoms with E-state index in [1.165, 1.54) is 16.7 Å². The van der Waals surface area contributed by atoms with Crippen LogP contribution in [0.5, 0.6) is 5.75 Å². The van der Waals surface area contributed by atoms with Crippen LogP contribution in [-0.4, -0.2) is 43.3 Å². The third-order valence-electron chi connectivity index (χ3n) is 4.25. The van der Waals surface area contributed by atoms with Gasteiger partial charge in [0.1, 0.15) is 18.4 Å². The summed E-state index contributed by atoms with van der Waals surface area (Å²) in [5.74, 6) is -0.343. The number of rotatable bonds is 5. The zero-order valence-corrected chi connectivity index (χ0v) is 15.9. The average molecular weight is 404 g/mol. The van der Waals surface area contributed by atoms with Gasteiger partial charge < -0.3 is 14.6 Å². The van der Waals surface area contributed by atoms with Gasteiger partial charge in [0.05, 0.1) is 24.7 Å². The van der Waals surface area contributed by atoms with Crippen molar-refractivity contribution in [3.05, 3.63) is 54.1 Å². The quantitative estimate of drug-likeness (QED) is 0.771. The van der Waals surface area contributed by atoms with E-state index in [0.29, 0.717) is 11.4 Å². The Kier molecular flexibility index (Phi) is 7.48. The number of para-hydroxylation sites is 1. The Balaban J connectivity index is 0.00000280. The van der Waals surface area contributed by atoms with E-state index >= 15 is 0 Å². The molecule has 0 spiro atoms. The first kappa shape index (κ1) is 21.8. The summed E-state index contributed by atoms with van der Waals surface area (Å²) in [5, 5.41) is 10.3. The van der Waals surface area contributed by atoms with Gasteiger partial charge in [-0.1, -0.05) is 31.7 Å². The summed E-state index contributed by atoms with van der Waals surface area (Å²) in [6.45, 7) is 1.70. The third kappa shape index (κ3) is 4.48. The van der Waals surface area contributed by atoms with Crippen molar-refractivity contribution in [1.29, 1.82) is 0 Å². The van der Waals surface area contributed by atoms with Gasteiger partial charge in [-0.25, -0.2) is 0 Å². The maximum absolute atomic E-state index is 13.0. The molecule has 0 saturated carbocycles. The normalized spacial score (nSPS) is 18.5. The highest BCUT2D eigenvalue weighted by Crippen LogP contribution is 2.45. The highest BCUT2D eigenvalue weighted by atomic mass is 32.2. The lowest BCUT2D eigenvalue weighted by atomic mass is 10.1. The minimum Gasteiger partial charge on any atom is -0.497 e. The Labute approximate surface area is 169 Å². The van der Waals surface area contributed by atoms with Crippen molar-refractivity contribution in [3.63, 3.8) is 0 Å². The van der Waals surface area contributed by atoms with Crippen molar-refractivity contribution in [2.75, 3.05) is 25.2 Å². The Morgan fingerprint density at radius 2 is 1.86 bits per heavy atom. The number of ether oxygens (including phenoxy) is 2. The molecule has 0 saturated heterocycles. The SMILES string of the molecule is C.CCOC(=O)CN1C(=O)C(O)C(c2ccc(OC)cc2)Sc2ccccc21. The number of aliphatic hydroxyl groups excluding tert-OH is 1. The summed E-state index contributed by atoms with van der Waals surface area (Å²) >= 11 is 1.39. The number of amides is 1. The van der Waals surface area contributed by atoms with E-state index in [1.807, 2.05) is 24.3 Å². The number of anilines is 1. The topological polar surface area (TPSA) is 76.1 Å². The molecule has 0 radical (unpaired) electrons. The monoisotopic (exact) mass is 403 g/mol. The number of carbonyl (C=O) groups excluding carboxylic acids is 2. The second-order valence-corrected chi connectivity index (χ2v) is 7.14. The zero-order chi connectivity index (χ0) is 19.4. The van der Waals surface area contributed by atoms with Gasteiger partial charge in [0.15, 0.2) is 0 Å². The molecule has 0 bridgehead atoms. The number of nitrogens with zero attached hydrogens (tertiary/aromatic N) is 1. The van der Waals surface area contributed by atoms with E-state index in [2.05, 4.69) is 0 Å². The van der Waals surface area contributed by atoms with Crippen molar-refractivity contribution >= 4 is 29.3 Å². The van der Waals surface area contributed by atoms with Gasteiger partial charge in [-0.15, -0.1) is 11.8 Å². The molecule has 2 unspecified atom stereocenters. The highest BCUT2D eigenvalue weighted by Gasteiger charge is 2.38. The van der Waals surface area contributed by atoms with Crippen molar-refractivity contribution in [3.8, 4) is 5.75 Å². The molecule has 1 aliphatic rings. The second kappa shape index (κ2) is 9.61. The predicted octanol–water partition coefficient (Wildman–Crippen LogP) is 3.44. The number of fused-ring (bicyclic) bond motifs is 1. The Hall–Kier alpha value is -2.51. The molecule has 0 aromatic heterocycles. The lowest BCUT2D eigenvalue weighted by molar-refractivity contribution is -0.143. The van der Waals surface area contributed by atoms with Crippen LogP contribution in [0.25, 0.3) is 0 Å². The van der Waals surface area contributed by atoms with Crippen molar-refractivity contribution in [2.45, 2.75) is 30.6 Å². The van der Waals surface area contributed by atoms with Gasteiger partial charge >= 0.3 is 5.97 Å². The summed E-state index contributed by atoms with van der Waals surface area (Å²) in [7, 11) is 1.58. The minimum absolute atomic E-state index is 0. The van der Waals surface area contributed by atoms with E-state index in [4.69, 9.17) is 9.47 Å². The van der Waals surface area contributed by atoms with Crippen LogP contribution in [0.4, 0.5) is 5.69 Å². The number of thioether (sulfide) groups is 1. The molecule has 6 nitrogen and oxygen atoms in total. The maximum atomic E-state index is 13.0. The molecule has 0 aliphatic carbocycles. The molecule has 2 aromatic carbocycles. The number of methoxy groups -OCH3 is 1. The molecule has 3 rings (SSSR count). The number of hydrogen-bond acceptors (Lipinski definition) is 6. The molecule has 1 N–H and O–H groups in total. The molecule has 1 heterocycles. The van der Waals surface area contributed by atoms with Gasteiger partial charge in [-0.3, -0.25) is 14.5 Å². The van der Waals surface area contributed by atoms with Crippen LogP contribution in [0.2, 0.25) is 0 Å². The van der Waals surface area contributed by atoms with Crippen LogP contribution in [0.15, 0.2) is 53.4 Å². The molecule has 2 atom stereocenters. The molecule has 150 valence electrons. The van der Waals surface area contributed by atoms with Gasteiger partial charge in [-0.05, 0) is 36.8 Å². The van der Waals surface area contributed by atoms with Gasteiger partial charge in [0, 0.05) is 4.90 Å². The Bertz CT molecular complexity index is 824. The maximum Gasteiger partial charge on any atom is 0.326 e. The Morgan fingerprint density at radius 1 is 1.18 bits per heavy atom. The average Bonchev–Trinajstić information content (AvgIpc) is 2.79. The first-order chi connectivity index (χ1) is 13.0. The molecule has 28 heavy (non-hydrogen) atoms. The van der Waals surface area contributed by atoms with Gasteiger partial charge in [0.25, 0.3) is 5.91 Å². The van der Waals surface area contributed by atoms with E-state index < -0.39 is 23.2 Å². The predicted molar refractivity (Wildman–Crippen MR) is 110 cm³/mol. The van der Waals surface area contributed by atoms with Crippen molar-refractivity contribution in [1.82, 2.24) is 0 Å². The smallest absolute Gasteiger partial charge is 0.326 e. The van der Waals surface area contributed by atoms with E-state index in [-0.39, 0.29) is 20.6 Å². The Morgan fingerprint density at radius 3 is 2.50 bits per heavy atom. The van der Waals surface area contributed by atoms with Gasteiger partial charge in [0.2, 0.25) is 0 Å². The molecule has 0 fully saturated rings. The number of esters is 1. The highest BCUT2D eigenvalue weighted by molar-refractivity contribution is 7.99. The van der Waals surface area contributed by atoms with E-state index in [9.17, 15) is 14.7 Å². The summed E-state index contributed by atoms with van der Waals surface area (Å²) in [6, 6.07) is 14.5. The first-order valence-electron chi connectivity index (χ1n) is 8.59. The number of carbonyl (C=O) groups is 2. The van der Waals surface area contributed by atoms with Crippen LogP contribution in [0.3, 0.4) is 0 Å². The fourth-order valence-electron chi connectivity index (χ4n) is 2.93. The lowest BCUT2D eigenvalue weighted by Crippen LogP contribution is -2.43. The molecular formula is C21H25NO5S. The molecule has 7 heteroatoms. The van der Waals surface area contributed by atoms with Crippen LogP contribution >= 0.6 is 11.8 Å². The van der Waals surface area contributed by atoms with Gasteiger partial charge in [-0.2, -0.15) is 0 Å². The number of aliphatic hydroxyl groups is 1. The lowest BCUT2D eigenvalue weighted by Gasteiger charge is -2.24. The van der Waals surface area contributed by atoms with Crippen LogP contribution in [-0.2, 0) is 14.3 Å². The molecule has 2 aromatic rings. The zero-order valence-electron chi connectivity index (χ0n) is 15.1. The van der Waals surface area contributed by atoms with E-state index in [1.54, 1.807) is 38.3 Å². The summed E-state index contributed by atoms with van der Waals surface area (Å²) in [6.07, 6.45) is -1.30. The van der Waals surface area contributed by atoms with Crippen molar-refractivity contribution in [2.24, 2.45) is 0 Å². The van der Waals surface area contributed by atoms with Crippen LogP contribution in [0, 0.1) is 0 Å². The van der Waals surface area contributed by atoms with E-state index in [0.717, 1.165) is 10.5 Å². The fraction of sp³-hybridized carbons (Fsp3) is 0.333. The standard InChI is InChI=1S/C20H21NO5S.CH4/c1-3-26-17(22)12-21-15-6-4-5-7-16(15)27-19(18(23)20(21)24)13-8-10-14(25-2)11-9-13;/h4-11,18-19,23H,3,12H2,1-2H3;1H4. The van der Waals surface area contributed by atoms with Crippen molar-refractivity contribution < 1.29 is 24.2 Å². The number of benzene rings is 2. The fourth-order valence-corrected chi connectivity index (χ4v) is 4.20. The third-order valence-corrected chi connectivity index (χ3v) is 5.64. The summed E-state index contributed by atoms with van der Waals surface area (Å²) in [4.78, 5) is 27.1. The summed E-state index contributed by atoms with van der Waals surface area (Å²) in [5.41, 5.74) is 1.39. The molecule has 1 aliphatic heterocycles.